The second-order valence-corrected chi connectivity index (χ2v) is 8.46. The zero-order valence-electron chi connectivity index (χ0n) is 14.8. The highest BCUT2D eigenvalue weighted by Crippen LogP contribution is 2.18. The molecule has 0 aromatic heterocycles. The van der Waals surface area contributed by atoms with Gasteiger partial charge in [0.25, 0.3) is 5.91 Å². The molecule has 0 spiro atoms. The molecule has 0 aliphatic rings. The summed E-state index contributed by atoms with van der Waals surface area (Å²) in [5, 5.41) is 0. The number of carbonyl (C=O) groups is 1. The minimum atomic E-state index is -3.71. The number of sulfonamides is 1. The maximum Gasteiger partial charge on any atom is 0.269 e. The lowest BCUT2D eigenvalue weighted by atomic mass is 10.1. The summed E-state index contributed by atoms with van der Waals surface area (Å²) in [5.41, 5.74) is 6.47. The Labute approximate surface area is 148 Å². The van der Waals surface area contributed by atoms with Crippen LogP contribution in [0.2, 0.25) is 0 Å². The van der Waals surface area contributed by atoms with Crippen molar-refractivity contribution in [3.05, 3.63) is 59.7 Å². The number of benzene rings is 2. The Kier molecular flexibility index (Phi) is 5.49. The van der Waals surface area contributed by atoms with Crippen LogP contribution in [0.1, 0.15) is 36.7 Å². The Morgan fingerprint density at radius 1 is 1.00 bits per heavy atom. The van der Waals surface area contributed by atoms with Gasteiger partial charge in [0.15, 0.2) is 0 Å². The predicted octanol–water partition coefficient (Wildman–Crippen LogP) is 2.83. The lowest BCUT2D eigenvalue weighted by Crippen LogP contribution is -2.40. The van der Waals surface area contributed by atoms with Gasteiger partial charge in [0, 0.05) is 11.1 Å². The molecule has 2 aromatic carbocycles. The summed E-state index contributed by atoms with van der Waals surface area (Å²) in [6.45, 7) is 7.04. The summed E-state index contributed by atoms with van der Waals surface area (Å²) in [5.74, 6) is -0.408. The van der Waals surface area contributed by atoms with E-state index in [-0.39, 0.29) is 4.90 Å². The molecule has 25 heavy (non-hydrogen) atoms. The number of aryl methyl sites for hydroxylation is 1. The fourth-order valence-corrected chi connectivity index (χ4v) is 3.64. The summed E-state index contributed by atoms with van der Waals surface area (Å²) in [4.78, 5) is 12.5. The Bertz CT molecular complexity index is 857. The molecule has 2 rings (SSSR count). The molecule has 0 radical (unpaired) electrons. The Balaban J connectivity index is 2.22. The Hall–Kier alpha value is -2.38. The lowest BCUT2D eigenvalue weighted by molar-refractivity contribution is 0.0962. The molecule has 0 bridgehead atoms. The Morgan fingerprint density at radius 3 is 2.24 bits per heavy atom. The topological polar surface area (TPSA) is 87.3 Å². The van der Waals surface area contributed by atoms with Crippen molar-refractivity contribution in [1.29, 1.82) is 0 Å². The van der Waals surface area contributed by atoms with Crippen molar-refractivity contribution in [2.45, 2.75) is 38.1 Å². The summed E-state index contributed by atoms with van der Waals surface area (Å²) < 4.78 is 27.5. The van der Waals surface area contributed by atoms with Gasteiger partial charge in [0.1, 0.15) is 0 Å². The quantitative estimate of drug-likeness (QED) is 0.715. The third-order valence-corrected chi connectivity index (χ3v) is 5.05. The molecule has 1 amide bonds. The highest BCUT2D eigenvalue weighted by molar-refractivity contribution is 7.89. The van der Waals surface area contributed by atoms with Gasteiger partial charge >= 0.3 is 0 Å². The number of hydrogen-bond acceptors (Lipinski definition) is 4. The van der Waals surface area contributed by atoms with Crippen LogP contribution in [0.25, 0.3) is 0 Å². The molecule has 0 unspecified atom stereocenters. The third kappa shape index (κ3) is 5.30. The van der Waals surface area contributed by atoms with E-state index in [4.69, 9.17) is 0 Å². The maximum atomic E-state index is 12.5. The van der Waals surface area contributed by atoms with Gasteiger partial charge in [-0.2, -0.15) is 0 Å². The standard InChI is InChI=1S/C18H23N3O3S/c1-13-10-11-15(25(23,24)21-18(2,3)4)12-16(13)17(22)20-19-14-8-6-5-7-9-14/h5-12,19,21H,1-4H3,(H,20,22). The Morgan fingerprint density at radius 2 is 1.64 bits per heavy atom. The normalized spacial score (nSPS) is 11.8. The van der Waals surface area contributed by atoms with E-state index in [1.54, 1.807) is 45.9 Å². The molecule has 7 heteroatoms. The number of carbonyl (C=O) groups excluding carboxylic acids is 1. The number of para-hydroxylation sites is 1. The van der Waals surface area contributed by atoms with Gasteiger partial charge in [0.2, 0.25) is 10.0 Å². The van der Waals surface area contributed by atoms with E-state index >= 15 is 0 Å². The molecule has 0 atom stereocenters. The zero-order chi connectivity index (χ0) is 18.7. The highest BCUT2D eigenvalue weighted by Gasteiger charge is 2.23. The van der Waals surface area contributed by atoms with Crippen LogP contribution in [0.15, 0.2) is 53.4 Å². The van der Waals surface area contributed by atoms with Gasteiger partial charge in [-0.05, 0) is 57.5 Å². The van der Waals surface area contributed by atoms with E-state index in [1.165, 1.54) is 12.1 Å². The van der Waals surface area contributed by atoms with Crippen LogP contribution in [-0.2, 0) is 10.0 Å². The van der Waals surface area contributed by atoms with E-state index in [9.17, 15) is 13.2 Å². The van der Waals surface area contributed by atoms with Gasteiger partial charge in [0.05, 0.1) is 10.6 Å². The molecule has 134 valence electrons. The minimum Gasteiger partial charge on any atom is -0.298 e. The van der Waals surface area contributed by atoms with Crippen molar-refractivity contribution in [3.63, 3.8) is 0 Å². The van der Waals surface area contributed by atoms with E-state index in [0.29, 0.717) is 11.1 Å². The van der Waals surface area contributed by atoms with E-state index in [1.807, 2.05) is 18.2 Å². The van der Waals surface area contributed by atoms with Crippen LogP contribution in [0.4, 0.5) is 5.69 Å². The van der Waals surface area contributed by atoms with E-state index in [0.717, 1.165) is 5.69 Å². The fraction of sp³-hybridized carbons (Fsp3) is 0.278. The highest BCUT2D eigenvalue weighted by atomic mass is 32.2. The number of nitrogens with one attached hydrogen (secondary N) is 3. The maximum absolute atomic E-state index is 12.5. The lowest BCUT2D eigenvalue weighted by Gasteiger charge is -2.20. The number of hydrogen-bond donors (Lipinski definition) is 3. The second kappa shape index (κ2) is 7.25. The molecule has 2 aromatic rings. The predicted molar refractivity (Wildman–Crippen MR) is 98.8 cm³/mol. The molecule has 0 saturated heterocycles. The largest absolute Gasteiger partial charge is 0.298 e. The van der Waals surface area contributed by atoms with Crippen LogP contribution in [-0.4, -0.2) is 19.9 Å². The number of rotatable bonds is 5. The van der Waals surface area contributed by atoms with Crippen LogP contribution in [0.5, 0.6) is 0 Å². The first kappa shape index (κ1) is 19.0. The summed E-state index contributed by atoms with van der Waals surface area (Å²) in [6.07, 6.45) is 0. The van der Waals surface area contributed by atoms with Crippen molar-refractivity contribution in [3.8, 4) is 0 Å². The van der Waals surface area contributed by atoms with Gasteiger partial charge in [-0.25, -0.2) is 13.1 Å². The van der Waals surface area contributed by atoms with Crippen LogP contribution < -0.4 is 15.6 Å². The van der Waals surface area contributed by atoms with E-state index < -0.39 is 21.5 Å². The molecule has 3 N–H and O–H groups in total. The van der Waals surface area contributed by atoms with Crippen molar-refractivity contribution in [1.82, 2.24) is 10.1 Å². The summed E-state index contributed by atoms with van der Waals surface area (Å²) in [6, 6.07) is 13.7. The smallest absolute Gasteiger partial charge is 0.269 e. The fourth-order valence-electron chi connectivity index (χ4n) is 2.19. The first-order valence-electron chi connectivity index (χ1n) is 7.84. The van der Waals surface area contributed by atoms with Crippen LogP contribution >= 0.6 is 0 Å². The molecule has 6 nitrogen and oxygen atoms in total. The van der Waals surface area contributed by atoms with Gasteiger partial charge < -0.3 is 0 Å². The minimum absolute atomic E-state index is 0.0536. The molecule has 0 aliphatic heterocycles. The molecule has 0 aliphatic carbocycles. The average molecular weight is 361 g/mol. The number of hydrazine groups is 1. The molecular formula is C18H23N3O3S. The first-order valence-corrected chi connectivity index (χ1v) is 9.33. The molecular weight excluding hydrogens is 338 g/mol. The van der Waals surface area contributed by atoms with Crippen LogP contribution in [0, 0.1) is 6.92 Å². The second-order valence-electron chi connectivity index (χ2n) is 6.78. The van der Waals surface area contributed by atoms with Gasteiger partial charge in [-0.1, -0.05) is 24.3 Å². The average Bonchev–Trinajstić information content (AvgIpc) is 2.51. The van der Waals surface area contributed by atoms with Gasteiger partial charge in [-0.3, -0.25) is 15.6 Å². The number of anilines is 1. The van der Waals surface area contributed by atoms with Crippen molar-refractivity contribution >= 4 is 21.6 Å². The summed E-state index contributed by atoms with van der Waals surface area (Å²) >= 11 is 0. The molecule has 0 fully saturated rings. The zero-order valence-corrected chi connectivity index (χ0v) is 15.6. The van der Waals surface area contributed by atoms with Crippen molar-refractivity contribution in [2.75, 3.05) is 5.43 Å². The SMILES string of the molecule is Cc1ccc(S(=O)(=O)NC(C)(C)C)cc1C(=O)NNc1ccccc1. The van der Waals surface area contributed by atoms with Crippen molar-refractivity contribution < 1.29 is 13.2 Å². The monoisotopic (exact) mass is 361 g/mol. The summed E-state index contributed by atoms with van der Waals surface area (Å²) in [7, 11) is -3.71. The van der Waals surface area contributed by atoms with Crippen molar-refractivity contribution in [2.24, 2.45) is 0 Å². The molecule has 0 saturated carbocycles. The number of amides is 1. The van der Waals surface area contributed by atoms with Crippen LogP contribution in [0.3, 0.4) is 0 Å². The van der Waals surface area contributed by atoms with E-state index in [2.05, 4.69) is 15.6 Å². The molecule has 0 heterocycles. The first-order chi connectivity index (χ1) is 11.6. The third-order valence-electron chi connectivity index (χ3n) is 3.30. The van der Waals surface area contributed by atoms with Gasteiger partial charge in [-0.15, -0.1) is 0 Å².